The van der Waals surface area contributed by atoms with Crippen molar-refractivity contribution in [2.24, 2.45) is 0 Å². The Morgan fingerprint density at radius 3 is 1.57 bits per heavy atom. The van der Waals surface area contributed by atoms with Crippen LogP contribution in [-0.4, -0.2) is 107 Å². The highest BCUT2D eigenvalue weighted by molar-refractivity contribution is 7.87. The van der Waals surface area contributed by atoms with Gasteiger partial charge in [-0.2, -0.15) is 26.3 Å². The van der Waals surface area contributed by atoms with Gasteiger partial charge in [-0.15, -0.1) is 0 Å². The lowest BCUT2D eigenvalue weighted by molar-refractivity contribution is -0.138. The van der Waals surface area contributed by atoms with Gasteiger partial charge in [-0.1, -0.05) is 26.0 Å². The molecule has 3 aliphatic heterocycles. The fourth-order valence-electron chi connectivity index (χ4n) is 9.90. The third-order valence-electron chi connectivity index (χ3n) is 13.2. The highest BCUT2D eigenvalue weighted by Crippen LogP contribution is 2.41. The average molecular weight is 961 g/mol. The maximum absolute atomic E-state index is 13.7. The maximum Gasteiger partial charge on any atom is 0.416 e. The summed E-state index contributed by atoms with van der Waals surface area (Å²) in [6, 6.07) is 7.50. The Morgan fingerprint density at radius 1 is 0.692 bits per heavy atom. The van der Waals surface area contributed by atoms with Gasteiger partial charge in [0.1, 0.15) is 15.1 Å². The summed E-state index contributed by atoms with van der Waals surface area (Å²) in [4.78, 5) is 42.7. The van der Waals surface area contributed by atoms with Crippen LogP contribution in [0.3, 0.4) is 0 Å². The zero-order valence-electron chi connectivity index (χ0n) is 37.8. The number of rotatable bonds is 9. The van der Waals surface area contributed by atoms with Crippen molar-refractivity contribution in [3.8, 4) is 0 Å². The van der Waals surface area contributed by atoms with Crippen molar-refractivity contribution in [2.45, 2.75) is 157 Å². The van der Waals surface area contributed by atoms with Crippen LogP contribution in [0.5, 0.6) is 0 Å². The van der Waals surface area contributed by atoms with E-state index in [-0.39, 0.29) is 49.2 Å². The van der Waals surface area contributed by atoms with Crippen LogP contribution in [0.4, 0.5) is 31.1 Å². The smallest absolute Gasteiger partial charge is 0.416 e. The molecule has 362 valence electrons. The summed E-state index contributed by atoms with van der Waals surface area (Å²) in [5.41, 5.74) is 0.517. The maximum atomic E-state index is 13.7. The van der Waals surface area contributed by atoms with Gasteiger partial charge >= 0.3 is 18.4 Å². The number of carbonyl (C=O) groups excluding carboxylic acids is 3. The van der Waals surface area contributed by atoms with Gasteiger partial charge in [-0.25, -0.2) is 4.79 Å². The Morgan fingerprint density at radius 2 is 1.14 bits per heavy atom. The average Bonchev–Trinajstić information content (AvgIpc) is 3.89. The van der Waals surface area contributed by atoms with Gasteiger partial charge < -0.3 is 29.9 Å². The molecule has 2 aromatic carbocycles. The first-order valence-corrected chi connectivity index (χ1v) is 25.2. The molecule has 11 nitrogen and oxygen atoms in total. The number of alkyl halides is 6. The van der Waals surface area contributed by atoms with Crippen LogP contribution < -0.4 is 10.6 Å². The van der Waals surface area contributed by atoms with Crippen LogP contribution in [0, 0.1) is 0 Å². The Hall–Kier alpha value is -3.55. The fraction of sp³-hybridized carbons (Fsp3) is 0.674. The number of benzene rings is 2. The van der Waals surface area contributed by atoms with E-state index in [0.717, 1.165) is 67.9 Å². The lowest BCUT2D eigenvalue weighted by atomic mass is 9.95. The summed E-state index contributed by atoms with van der Waals surface area (Å²) >= 11 is 0. The summed E-state index contributed by atoms with van der Waals surface area (Å²) in [6.07, 6.45) is -3.83. The number of amides is 3. The highest BCUT2D eigenvalue weighted by atomic mass is 32.2. The van der Waals surface area contributed by atoms with Gasteiger partial charge in [-0.3, -0.25) is 18.0 Å². The topological polar surface area (TPSA) is 134 Å². The molecule has 2 saturated carbocycles. The third kappa shape index (κ3) is 12.0. The number of carbonyl (C=O) groups is 3. The molecule has 0 bridgehead atoms. The summed E-state index contributed by atoms with van der Waals surface area (Å²) in [6.45, 7) is 11.2. The van der Waals surface area contributed by atoms with Crippen LogP contribution in [0.2, 0.25) is 0 Å². The lowest BCUT2D eigenvalue weighted by Gasteiger charge is -2.37. The SMILES string of the molecule is CCS(=O)[C@]1(C(=O)N2CCc3ccc(C(F)(F)F)cc3C2)CC[C@@H](NC(=O)OC(C)(C)C)C1.CCS(=O)[C@]1(C(=O)N2CCc3ccc(C(F)(F)F)cc3C2)CC[C@@H](NC2CCOCC2)C1. The van der Waals surface area contributed by atoms with E-state index in [1.54, 1.807) is 32.6 Å². The molecular weight excluding hydrogens is 899 g/mol. The first-order valence-electron chi connectivity index (χ1n) is 22.5. The zero-order valence-corrected chi connectivity index (χ0v) is 39.4. The van der Waals surface area contributed by atoms with Crippen molar-refractivity contribution in [3.05, 3.63) is 69.8 Å². The van der Waals surface area contributed by atoms with E-state index < -0.39 is 66.3 Å². The Balaban J connectivity index is 0.000000215. The zero-order chi connectivity index (χ0) is 47.5. The van der Waals surface area contributed by atoms with E-state index in [9.17, 15) is 49.1 Å². The first kappa shape index (κ1) is 50.9. The van der Waals surface area contributed by atoms with Crippen LogP contribution in [0.15, 0.2) is 36.4 Å². The molecule has 5 aliphatic rings. The van der Waals surface area contributed by atoms with Gasteiger partial charge in [-0.05, 0) is 131 Å². The minimum atomic E-state index is -4.46. The van der Waals surface area contributed by atoms with Crippen molar-refractivity contribution in [3.63, 3.8) is 0 Å². The van der Waals surface area contributed by atoms with E-state index >= 15 is 0 Å². The molecule has 2 unspecified atom stereocenters. The minimum Gasteiger partial charge on any atom is -0.444 e. The normalized spacial score (nSPS) is 26.0. The molecular formula is C46H62F6N4O7S2. The molecule has 3 amide bonds. The van der Waals surface area contributed by atoms with Crippen molar-refractivity contribution in [1.82, 2.24) is 20.4 Å². The fourth-order valence-corrected chi connectivity index (χ4v) is 13.1. The van der Waals surface area contributed by atoms with Crippen LogP contribution >= 0.6 is 0 Å². The minimum absolute atomic E-state index is 0.0465. The Bertz CT molecular complexity index is 2110. The largest absolute Gasteiger partial charge is 0.444 e. The first-order chi connectivity index (χ1) is 30.5. The number of hydrogen-bond donors (Lipinski definition) is 2. The monoisotopic (exact) mass is 960 g/mol. The van der Waals surface area contributed by atoms with Gasteiger partial charge in [0, 0.05) is 90.6 Å². The number of fused-ring (bicyclic) bond motifs is 2. The van der Waals surface area contributed by atoms with Gasteiger partial charge in [0.25, 0.3) is 0 Å². The van der Waals surface area contributed by atoms with E-state index in [4.69, 9.17) is 9.47 Å². The standard InChI is InChI=1S/C23H31F3N2O4S.C23H31F3N2O3S/c1-5-33(31)22(10-8-18(13-22)27-20(30)32-21(2,3)4)19(29)28-11-9-15-6-7-17(23(24,25)26)12-16(15)14-28;1-2-32(30)22(9-5-20(14-22)27-19-7-11-31-12-8-19)21(29)28-10-6-16-3-4-18(23(24,25)26)13-17(16)15-28/h6-7,12,18H,5,8-11,13-14H2,1-4H3,(H,27,30);3-4,13,19-20,27H,2,5-12,14-15H2,1H3/t18-,22-,33?;20-,22-,32?/m11/s1. The highest BCUT2D eigenvalue weighted by Gasteiger charge is 2.53. The summed E-state index contributed by atoms with van der Waals surface area (Å²) in [7, 11) is -2.82. The second-order valence-electron chi connectivity index (χ2n) is 18.8. The molecule has 0 radical (unpaired) electrons. The summed E-state index contributed by atoms with van der Waals surface area (Å²) in [5.74, 6) is 0.169. The number of hydrogen-bond acceptors (Lipinski definition) is 8. The molecule has 2 aliphatic carbocycles. The van der Waals surface area contributed by atoms with Crippen molar-refractivity contribution < 1.29 is 58.6 Å². The molecule has 1 saturated heterocycles. The quantitative estimate of drug-likeness (QED) is 0.246. The summed E-state index contributed by atoms with van der Waals surface area (Å²) in [5, 5.41) is 6.41. The second kappa shape index (κ2) is 20.4. The molecule has 0 aromatic heterocycles. The Labute approximate surface area is 382 Å². The number of halogens is 6. The molecule has 3 fully saturated rings. The second-order valence-corrected chi connectivity index (χ2v) is 22.9. The molecule has 2 N–H and O–H groups in total. The molecule has 65 heavy (non-hydrogen) atoms. The van der Waals surface area contributed by atoms with E-state index in [1.165, 1.54) is 17.0 Å². The number of alkyl carbamates (subject to hydrolysis) is 1. The van der Waals surface area contributed by atoms with Crippen LogP contribution in [0.25, 0.3) is 0 Å². The molecule has 19 heteroatoms. The van der Waals surface area contributed by atoms with Crippen molar-refractivity contribution >= 4 is 39.5 Å². The molecule has 3 heterocycles. The number of nitrogens with one attached hydrogen (secondary N) is 2. The van der Waals surface area contributed by atoms with Crippen LogP contribution in [0.1, 0.15) is 119 Å². The summed E-state index contributed by atoms with van der Waals surface area (Å²) < 4.78 is 114. The lowest BCUT2D eigenvalue weighted by Crippen LogP contribution is -2.53. The Kier molecular flexibility index (Phi) is 15.9. The van der Waals surface area contributed by atoms with Gasteiger partial charge in [0.05, 0.1) is 11.1 Å². The third-order valence-corrected chi connectivity index (χ3v) is 17.1. The number of nitrogens with zero attached hydrogens (tertiary/aromatic N) is 2. The number of ether oxygens (including phenoxy) is 2. The molecule has 6 atom stereocenters. The van der Waals surface area contributed by atoms with Crippen molar-refractivity contribution in [1.29, 1.82) is 0 Å². The van der Waals surface area contributed by atoms with E-state index in [1.807, 2.05) is 6.92 Å². The molecule has 2 aromatic rings. The molecule has 7 rings (SSSR count). The van der Waals surface area contributed by atoms with Crippen molar-refractivity contribution in [2.75, 3.05) is 37.8 Å². The predicted octanol–water partition coefficient (Wildman–Crippen LogP) is 7.59. The predicted molar refractivity (Wildman–Crippen MR) is 236 cm³/mol. The molecule has 0 spiro atoms. The van der Waals surface area contributed by atoms with E-state index in [2.05, 4.69) is 10.6 Å². The van der Waals surface area contributed by atoms with Gasteiger partial charge in [0.2, 0.25) is 11.8 Å². The van der Waals surface area contributed by atoms with Crippen LogP contribution in [-0.2, 0) is 78.9 Å². The van der Waals surface area contributed by atoms with Gasteiger partial charge in [0.15, 0.2) is 0 Å². The van der Waals surface area contributed by atoms with E-state index in [0.29, 0.717) is 74.5 Å².